The van der Waals surface area contributed by atoms with E-state index in [-0.39, 0.29) is 5.91 Å². The molecule has 0 fully saturated rings. The average molecular weight is 341 g/mol. The first-order chi connectivity index (χ1) is 11.9. The maximum absolute atomic E-state index is 12.2. The van der Waals surface area contributed by atoms with Crippen LogP contribution in [-0.4, -0.2) is 48.0 Å². The number of likely N-dealkylation sites (N-methyl/N-ethyl adjacent to an activating group) is 1. The molecule has 0 aliphatic rings. The number of para-hydroxylation sites is 1. The van der Waals surface area contributed by atoms with Crippen molar-refractivity contribution >= 4 is 17.5 Å². The molecule has 1 aromatic carbocycles. The SMILES string of the molecule is Cc1cccc(C(C)C)c1Nc1nccc(C(=O)NCCN(C)C)n1. The van der Waals surface area contributed by atoms with Gasteiger partial charge in [0.2, 0.25) is 5.95 Å². The Hall–Kier alpha value is -2.47. The molecule has 0 saturated carbocycles. The smallest absolute Gasteiger partial charge is 0.270 e. The maximum atomic E-state index is 12.2. The van der Waals surface area contributed by atoms with E-state index in [1.807, 2.05) is 38.1 Å². The molecule has 6 nitrogen and oxygen atoms in total. The van der Waals surface area contributed by atoms with Gasteiger partial charge in [0.15, 0.2) is 0 Å². The second kappa shape index (κ2) is 8.58. The van der Waals surface area contributed by atoms with Crippen LogP contribution in [0.5, 0.6) is 0 Å². The zero-order valence-corrected chi connectivity index (χ0v) is 15.6. The van der Waals surface area contributed by atoms with E-state index in [0.717, 1.165) is 17.8 Å². The number of benzene rings is 1. The van der Waals surface area contributed by atoms with Crippen molar-refractivity contribution in [1.82, 2.24) is 20.2 Å². The van der Waals surface area contributed by atoms with Crippen molar-refractivity contribution in [3.63, 3.8) is 0 Å². The minimum atomic E-state index is -0.193. The fraction of sp³-hybridized carbons (Fsp3) is 0.421. The van der Waals surface area contributed by atoms with Crippen molar-refractivity contribution in [3.05, 3.63) is 47.3 Å². The summed E-state index contributed by atoms with van der Waals surface area (Å²) in [5.74, 6) is 0.609. The molecule has 0 spiro atoms. The van der Waals surface area contributed by atoms with Crippen LogP contribution in [0.4, 0.5) is 11.6 Å². The van der Waals surface area contributed by atoms with Crippen molar-refractivity contribution in [1.29, 1.82) is 0 Å². The van der Waals surface area contributed by atoms with Crippen LogP contribution in [0.25, 0.3) is 0 Å². The fourth-order valence-corrected chi connectivity index (χ4v) is 2.48. The van der Waals surface area contributed by atoms with Crippen LogP contribution in [-0.2, 0) is 0 Å². The quantitative estimate of drug-likeness (QED) is 0.810. The van der Waals surface area contributed by atoms with Crippen LogP contribution in [0.15, 0.2) is 30.5 Å². The number of aromatic nitrogens is 2. The second-order valence-electron chi connectivity index (χ2n) is 6.64. The summed E-state index contributed by atoms with van der Waals surface area (Å²) in [5.41, 5.74) is 3.68. The van der Waals surface area contributed by atoms with Crippen molar-refractivity contribution in [2.24, 2.45) is 0 Å². The molecule has 1 aromatic heterocycles. The van der Waals surface area contributed by atoms with Crippen LogP contribution < -0.4 is 10.6 Å². The molecule has 0 atom stereocenters. The van der Waals surface area contributed by atoms with Gasteiger partial charge in [0, 0.05) is 25.0 Å². The highest BCUT2D eigenvalue weighted by Gasteiger charge is 2.12. The third-order valence-corrected chi connectivity index (χ3v) is 3.90. The normalized spacial score (nSPS) is 11.0. The van der Waals surface area contributed by atoms with Gasteiger partial charge in [-0.1, -0.05) is 32.0 Å². The Morgan fingerprint density at radius 1 is 1.24 bits per heavy atom. The molecule has 0 aliphatic heterocycles. The number of rotatable bonds is 7. The van der Waals surface area contributed by atoms with Crippen molar-refractivity contribution < 1.29 is 4.79 Å². The highest BCUT2D eigenvalue weighted by molar-refractivity contribution is 5.92. The lowest BCUT2D eigenvalue weighted by Gasteiger charge is -2.16. The lowest BCUT2D eigenvalue weighted by Crippen LogP contribution is -2.31. The lowest BCUT2D eigenvalue weighted by atomic mass is 9.98. The average Bonchev–Trinajstić information content (AvgIpc) is 2.56. The number of anilines is 2. The standard InChI is InChI=1S/C19H27N5O/c1-13(2)15-8-6-7-14(3)17(15)23-19-21-10-9-16(22-19)18(25)20-11-12-24(4)5/h6-10,13H,11-12H2,1-5H3,(H,20,25)(H,21,22,23). The topological polar surface area (TPSA) is 70.2 Å². The number of hydrogen-bond donors (Lipinski definition) is 2. The second-order valence-corrected chi connectivity index (χ2v) is 6.64. The molecule has 0 radical (unpaired) electrons. The Morgan fingerprint density at radius 2 is 2.00 bits per heavy atom. The minimum Gasteiger partial charge on any atom is -0.349 e. The third kappa shape index (κ3) is 5.26. The summed E-state index contributed by atoms with van der Waals surface area (Å²) in [5, 5.41) is 6.14. The van der Waals surface area contributed by atoms with Gasteiger partial charge in [0.25, 0.3) is 5.91 Å². The van der Waals surface area contributed by atoms with Crippen LogP contribution in [0.2, 0.25) is 0 Å². The number of aryl methyl sites for hydroxylation is 1. The predicted molar refractivity (Wildman–Crippen MR) is 101 cm³/mol. The van der Waals surface area contributed by atoms with Gasteiger partial charge in [-0.25, -0.2) is 9.97 Å². The van der Waals surface area contributed by atoms with Gasteiger partial charge >= 0.3 is 0 Å². The van der Waals surface area contributed by atoms with Gasteiger partial charge in [0.1, 0.15) is 5.69 Å². The Labute approximate surface area is 149 Å². The van der Waals surface area contributed by atoms with Crippen LogP contribution >= 0.6 is 0 Å². The van der Waals surface area contributed by atoms with Gasteiger partial charge < -0.3 is 15.5 Å². The molecular formula is C19H27N5O. The first-order valence-corrected chi connectivity index (χ1v) is 8.51. The molecule has 2 aromatic rings. The highest BCUT2D eigenvalue weighted by Crippen LogP contribution is 2.29. The van der Waals surface area contributed by atoms with Crippen molar-refractivity contribution in [2.45, 2.75) is 26.7 Å². The number of carbonyl (C=O) groups is 1. The van der Waals surface area contributed by atoms with Crippen molar-refractivity contribution in [3.8, 4) is 0 Å². The monoisotopic (exact) mass is 341 g/mol. The van der Waals surface area contributed by atoms with Crippen LogP contribution in [0, 0.1) is 6.92 Å². The molecule has 1 heterocycles. The van der Waals surface area contributed by atoms with E-state index >= 15 is 0 Å². The molecule has 0 saturated heterocycles. The minimum absolute atomic E-state index is 0.193. The zero-order valence-electron chi connectivity index (χ0n) is 15.6. The van der Waals surface area contributed by atoms with Gasteiger partial charge in [-0.05, 0) is 44.1 Å². The van der Waals surface area contributed by atoms with Crippen LogP contribution in [0.3, 0.4) is 0 Å². The van der Waals surface area contributed by atoms with E-state index in [9.17, 15) is 4.79 Å². The Balaban J connectivity index is 2.16. The highest BCUT2D eigenvalue weighted by atomic mass is 16.1. The zero-order chi connectivity index (χ0) is 18.4. The molecule has 1 amide bonds. The Morgan fingerprint density at radius 3 is 2.68 bits per heavy atom. The Bertz CT molecular complexity index is 728. The number of carbonyl (C=O) groups excluding carboxylic acids is 1. The molecule has 2 N–H and O–H groups in total. The summed E-state index contributed by atoms with van der Waals surface area (Å²) in [4.78, 5) is 22.9. The largest absolute Gasteiger partial charge is 0.349 e. The molecule has 0 unspecified atom stereocenters. The van der Waals surface area contributed by atoms with E-state index in [4.69, 9.17) is 0 Å². The van der Waals surface area contributed by atoms with Crippen molar-refractivity contribution in [2.75, 3.05) is 32.5 Å². The van der Waals surface area contributed by atoms with Crippen LogP contribution in [0.1, 0.15) is 41.4 Å². The first kappa shape index (κ1) is 18.9. The summed E-state index contributed by atoms with van der Waals surface area (Å²) in [6.07, 6.45) is 1.60. The molecule has 6 heteroatoms. The van der Waals surface area contributed by atoms with E-state index in [1.54, 1.807) is 12.3 Å². The number of nitrogens with zero attached hydrogens (tertiary/aromatic N) is 3. The van der Waals surface area contributed by atoms with Gasteiger partial charge in [-0.15, -0.1) is 0 Å². The summed E-state index contributed by atoms with van der Waals surface area (Å²) in [6, 6.07) is 7.81. The molecule has 25 heavy (non-hydrogen) atoms. The van der Waals surface area contributed by atoms with Gasteiger partial charge in [-0.3, -0.25) is 4.79 Å². The molecule has 0 aliphatic carbocycles. The molecular weight excluding hydrogens is 314 g/mol. The molecule has 134 valence electrons. The Kier molecular flexibility index (Phi) is 6.47. The summed E-state index contributed by atoms with van der Waals surface area (Å²) in [6.45, 7) is 7.70. The van der Waals surface area contributed by atoms with E-state index in [0.29, 0.717) is 24.1 Å². The van der Waals surface area contributed by atoms with Gasteiger partial charge in [0.05, 0.1) is 0 Å². The lowest BCUT2D eigenvalue weighted by molar-refractivity contribution is 0.0946. The van der Waals surface area contributed by atoms with E-state index in [1.165, 1.54) is 5.56 Å². The molecule has 2 rings (SSSR count). The first-order valence-electron chi connectivity index (χ1n) is 8.51. The number of hydrogen-bond acceptors (Lipinski definition) is 5. The summed E-state index contributed by atoms with van der Waals surface area (Å²) >= 11 is 0. The maximum Gasteiger partial charge on any atom is 0.270 e. The fourth-order valence-electron chi connectivity index (χ4n) is 2.48. The summed E-state index contributed by atoms with van der Waals surface area (Å²) < 4.78 is 0. The van der Waals surface area contributed by atoms with Gasteiger partial charge in [-0.2, -0.15) is 0 Å². The number of amides is 1. The van der Waals surface area contributed by atoms with E-state index < -0.39 is 0 Å². The molecule has 0 bridgehead atoms. The number of nitrogens with one attached hydrogen (secondary N) is 2. The summed E-state index contributed by atoms with van der Waals surface area (Å²) in [7, 11) is 3.93. The predicted octanol–water partition coefficient (Wildman–Crippen LogP) is 2.94. The van der Waals surface area contributed by atoms with E-state index in [2.05, 4.69) is 40.5 Å². The third-order valence-electron chi connectivity index (χ3n) is 3.90.